The largest absolute Gasteiger partial charge is 0.469 e. The monoisotopic (exact) mass is 318 g/mol. The van der Waals surface area contributed by atoms with E-state index in [0.717, 1.165) is 0 Å². The van der Waals surface area contributed by atoms with E-state index in [-0.39, 0.29) is 17.4 Å². The Bertz CT molecular complexity index is 506. The first-order chi connectivity index (χ1) is 9.36. The molecule has 0 aliphatic carbocycles. The van der Waals surface area contributed by atoms with Gasteiger partial charge < -0.3 is 10.1 Å². The number of rotatable bonds is 5. The van der Waals surface area contributed by atoms with Crippen molar-refractivity contribution in [2.75, 3.05) is 26.5 Å². The van der Waals surface area contributed by atoms with Crippen molar-refractivity contribution >= 4 is 40.8 Å². The minimum atomic E-state index is -0.655. The number of carbonyl (C=O) groups is 2. The first-order valence-corrected chi connectivity index (χ1v) is 6.60. The Hall–Kier alpha value is -1.30. The highest BCUT2D eigenvalue weighted by Gasteiger charge is 2.25. The van der Waals surface area contributed by atoms with E-state index in [2.05, 4.69) is 10.1 Å². The van der Waals surface area contributed by atoms with E-state index >= 15 is 0 Å². The number of ether oxygens (including phenoxy) is 1. The predicted molar refractivity (Wildman–Crippen MR) is 79.2 cm³/mol. The molecule has 1 aromatic rings. The van der Waals surface area contributed by atoms with Gasteiger partial charge in [-0.3, -0.25) is 14.5 Å². The summed E-state index contributed by atoms with van der Waals surface area (Å²) < 4.78 is 4.58. The van der Waals surface area contributed by atoms with Gasteiger partial charge in [-0.1, -0.05) is 29.3 Å². The number of amides is 1. The van der Waals surface area contributed by atoms with Crippen LogP contribution in [0.4, 0.5) is 5.69 Å². The molecule has 0 radical (unpaired) electrons. The van der Waals surface area contributed by atoms with Gasteiger partial charge in [0.1, 0.15) is 0 Å². The maximum absolute atomic E-state index is 12.2. The number of hydrogen-bond donors (Lipinski definition) is 1. The number of halogens is 2. The Morgan fingerprint density at radius 2 is 2.00 bits per heavy atom. The molecule has 5 nitrogen and oxygen atoms in total. The van der Waals surface area contributed by atoms with Crippen molar-refractivity contribution in [1.29, 1.82) is 0 Å². The lowest BCUT2D eigenvalue weighted by atomic mass is 10.1. The van der Waals surface area contributed by atoms with Crippen molar-refractivity contribution in [1.82, 2.24) is 4.90 Å². The first-order valence-electron chi connectivity index (χ1n) is 5.85. The molecule has 1 N–H and O–H groups in total. The quantitative estimate of drug-likeness (QED) is 0.847. The SMILES string of the molecule is COC(=O)CC(C(=O)Nc1cccc(Cl)c1Cl)N(C)C. The molecule has 0 heterocycles. The fourth-order valence-corrected chi connectivity index (χ4v) is 1.92. The summed E-state index contributed by atoms with van der Waals surface area (Å²) in [6.07, 6.45) is -0.0481. The van der Waals surface area contributed by atoms with Crippen molar-refractivity contribution in [2.24, 2.45) is 0 Å². The fourth-order valence-electron chi connectivity index (χ4n) is 1.57. The van der Waals surface area contributed by atoms with E-state index in [1.165, 1.54) is 7.11 Å². The fraction of sp³-hybridized carbons (Fsp3) is 0.385. The summed E-state index contributed by atoms with van der Waals surface area (Å²) in [6, 6.07) is 4.28. The Morgan fingerprint density at radius 3 is 2.55 bits per heavy atom. The van der Waals surface area contributed by atoms with Crippen molar-refractivity contribution in [3.63, 3.8) is 0 Å². The number of nitrogens with zero attached hydrogens (tertiary/aromatic N) is 1. The molecule has 20 heavy (non-hydrogen) atoms. The van der Waals surface area contributed by atoms with Gasteiger partial charge in [0.25, 0.3) is 0 Å². The summed E-state index contributed by atoms with van der Waals surface area (Å²) in [5, 5.41) is 3.27. The first kappa shape index (κ1) is 16.8. The highest BCUT2D eigenvalue weighted by Crippen LogP contribution is 2.29. The summed E-state index contributed by atoms with van der Waals surface area (Å²) >= 11 is 11.9. The molecule has 0 saturated heterocycles. The third kappa shape index (κ3) is 4.37. The molecule has 0 saturated carbocycles. The molecule has 1 amide bonds. The lowest BCUT2D eigenvalue weighted by Crippen LogP contribution is -2.41. The summed E-state index contributed by atoms with van der Waals surface area (Å²) in [5.74, 6) is -0.819. The van der Waals surface area contributed by atoms with Crippen LogP contribution in [0.2, 0.25) is 10.0 Å². The molecule has 0 fully saturated rings. The standard InChI is InChI=1S/C13H16Cl2N2O3/c1-17(2)10(7-11(18)20-3)13(19)16-9-6-4-5-8(14)12(9)15/h4-6,10H,7H2,1-3H3,(H,16,19). The van der Waals surface area contributed by atoms with Crippen LogP contribution in [-0.2, 0) is 14.3 Å². The smallest absolute Gasteiger partial charge is 0.307 e. The molecule has 110 valence electrons. The Kier molecular flexibility index (Phi) is 6.26. The molecule has 1 atom stereocenters. The number of hydrogen-bond acceptors (Lipinski definition) is 4. The number of benzene rings is 1. The Balaban J connectivity index is 2.86. The van der Waals surface area contributed by atoms with E-state index in [0.29, 0.717) is 10.7 Å². The van der Waals surface area contributed by atoms with Gasteiger partial charge in [0.2, 0.25) is 5.91 Å². The number of esters is 1. The van der Waals surface area contributed by atoms with Crippen molar-refractivity contribution in [3.8, 4) is 0 Å². The third-order valence-electron chi connectivity index (χ3n) is 2.72. The number of anilines is 1. The Labute approximate surface area is 127 Å². The van der Waals surface area contributed by atoms with Crippen LogP contribution in [-0.4, -0.2) is 44.0 Å². The molecule has 1 rings (SSSR count). The average molecular weight is 319 g/mol. The van der Waals surface area contributed by atoms with Gasteiger partial charge >= 0.3 is 5.97 Å². The van der Waals surface area contributed by atoms with Gasteiger partial charge in [0.15, 0.2) is 0 Å². The summed E-state index contributed by atoms with van der Waals surface area (Å²) in [7, 11) is 4.68. The maximum atomic E-state index is 12.2. The van der Waals surface area contributed by atoms with Crippen LogP contribution < -0.4 is 5.32 Å². The molecule has 0 aromatic heterocycles. The highest BCUT2D eigenvalue weighted by atomic mass is 35.5. The Morgan fingerprint density at radius 1 is 1.35 bits per heavy atom. The molecule has 0 aliphatic rings. The van der Waals surface area contributed by atoms with E-state index in [4.69, 9.17) is 23.2 Å². The second-order valence-electron chi connectivity index (χ2n) is 4.35. The van der Waals surface area contributed by atoms with Crippen molar-refractivity contribution < 1.29 is 14.3 Å². The van der Waals surface area contributed by atoms with Gasteiger partial charge in [-0.2, -0.15) is 0 Å². The van der Waals surface area contributed by atoms with Crippen molar-refractivity contribution in [3.05, 3.63) is 28.2 Å². The van der Waals surface area contributed by atoms with Crippen LogP contribution in [0.1, 0.15) is 6.42 Å². The topological polar surface area (TPSA) is 58.6 Å². The summed E-state index contributed by atoms with van der Waals surface area (Å²) in [4.78, 5) is 25.2. The minimum Gasteiger partial charge on any atom is -0.469 e. The highest BCUT2D eigenvalue weighted by molar-refractivity contribution is 6.44. The van der Waals surface area contributed by atoms with Gasteiger partial charge in [-0.25, -0.2) is 0 Å². The zero-order valence-corrected chi connectivity index (χ0v) is 13.0. The van der Waals surface area contributed by atoms with E-state index < -0.39 is 12.0 Å². The lowest BCUT2D eigenvalue weighted by Gasteiger charge is -2.22. The minimum absolute atomic E-state index is 0.0481. The van der Waals surface area contributed by atoms with Gasteiger partial charge in [-0.05, 0) is 26.2 Å². The van der Waals surface area contributed by atoms with Crippen molar-refractivity contribution in [2.45, 2.75) is 12.5 Å². The zero-order valence-electron chi connectivity index (χ0n) is 11.4. The second kappa shape index (κ2) is 7.47. The van der Waals surface area contributed by atoms with Crippen LogP contribution in [0, 0.1) is 0 Å². The molecular weight excluding hydrogens is 303 g/mol. The lowest BCUT2D eigenvalue weighted by molar-refractivity contribution is -0.143. The number of methoxy groups -OCH3 is 1. The van der Waals surface area contributed by atoms with Crippen LogP contribution in [0.3, 0.4) is 0 Å². The van der Waals surface area contributed by atoms with Gasteiger partial charge in [0, 0.05) is 0 Å². The summed E-state index contributed by atoms with van der Waals surface area (Å²) in [6.45, 7) is 0. The third-order valence-corrected chi connectivity index (χ3v) is 3.54. The van der Waals surface area contributed by atoms with Gasteiger partial charge in [-0.15, -0.1) is 0 Å². The van der Waals surface area contributed by atoms with Crippen LogP contribution in [0.5, 0.6) is 0 Å². The molecule has 0 spiro atoms. The molecule has 0 bridgehead atoms. The number of carbonyl (C=O) groups excluding carboxylic acids is 2. The summed E-state index contributed by atoms with van der Waals surface area (Å²) in [5.41, 5.74) is 0.404. The predicted octanol–water partition coefficient (Wildman–Crippen LogP) is 2.43. The van der Waals surface area contributed by atoms with E-state index in [9.17, 15) is 9.59 Å². The average Bonchev–Trinajstić information content (AvgIpc) is 2.40. The van der Waals surface area contributed by atoms with Crippen LogP contribution >= 0.6 is 23.2 Å². The van der Waals surface area contributed by atoms with Crippen LogP contribution in [0.15, 0.2) is 18.2 Å². The number of nitrogens with one attached hydrogen (secondary N) is 1. The maximum Gasteiger partial charge on any atom is 0.307 e. The number of likely N-dealkylation sites (N-methyl/N-ethyl adjacent to an activating group) is 1. The molecule has 1 aromatic carbocycles. The van der Waals surface area contributed by atoms with E-state index in [1.807, 2.05) is 0 Å². The molecule has 7 heteroatoms. The molecular formula is C13H16Cl2N2O3. The van der Waals surface area contributed by atoms with E-state index in [1.54, 1.807) is 37.2 Å². The van der Waals surface area contributed by atoms with Crippen LogP contribution in [0.25, 0.3) is 0 Å². The molecule has 0 aliphatic heterocycles. The normalized spacial score (nSPS) is 12.1. The molecule has 1 unspecified atom stereocenters. The zero-order chi connectivity index (χ0) is 15.3. The van der Waals surface area contributed by atoms with Gasteiger partial charge in [0.05, 0.1) is 35.3 Å². The second-order valence-corrected chi connectivity index (χ2v) is 5.14.